The second-order valence-electron chi connectivity index (χ2n) is 3.19. The van der Waals surface area contributed by atoms with Crippen LogP contribution in [0.25, 0.3) is 6.08 Å². The lowest BCUT2D eigenvalue weighted by molar-refractivity contribution is 0.373. The molecular formula is C12H17NO2. The van der Waals surface area contributed by atoms with Gasteiger partial charge in [0.1, 0.15) is 0 Å². The van der Waals surface area contributed by atoms with E-state index in [-0.39, 0.29) is 5.75 Å². The van der Waals surface area contributed by atoms with E-state index in [1.54, 1.807) is 13.2 Å². The summed E-state index contributed by atoms with van der Waals surface area (Å²) in [5.74, 6) is 0.700. The largest absolute Gasteiger partial charge is 0.504 e. The van der Waals surface area contributed by atoms with Crippen LogP contribution in [0.5, 0.6) is 11.5 Å². The first-order valence-electron chi connectivity index (χ1n) is 4.96. The molecule has 1 aromatic carbocycles. The van der Waals surface area contributed by atoms with Crippen molar-refractivity contribution in [3.05, 3.63) is 29.8 Å². The number of hydrogen-bond donors (Lipinski definition) is 2. The van der Waals surface area contributed by atoms with E-state index >= 15 is 0 Å². The first-order chi connectivity index (χ1) is 7.29. The molecule has 3 heteroatoms. The Labute approximate surface area is 90.4 Å². The van der Waals surface area contributed by atoms with Gasteiger partial charge in [0, 0.05) is 5.56 Å². The van der Waals surface area contributed by atoms with Crippen molar-refractivity contribution >= 4 is 6.08 Å². The van der Waals surface area contributed by atoms with Gasteiger partial charge in [0.05, 0.1) is 7.11 Å². The molecule has 0 amide bonds. The van der Waals surface area contributed by atoms with Gasteiger partial charge in [0.25, 0.3) is 0 Å². The van der Waals surface area contributed by atoms with Crippen molar-refractivity contribution in [2.24, 2.45) is 0 Å². The van der Waals surface area contributed by atoms with Crippen LogP contribution in [0.4, 0.5) is 0 Å². The van der Waals surface area contributed by atoms with E-state index in [4.69, 9.17) is 4.74 Å². The number of para-hydroxylation sites is 1. The molecule has 0 heterocycles. The highest BCUT2D eigenvalue weighted by Crippen LogP contribution is 2.30. The number of hydrogen-bond acceptors (Lipinski definition) is 3. The lowest BCUT2D eigenvalue weighted by atomic mass is 10.1. The number of phenols is 1. The van der Waals surface area contributed by atoms with Crippen LogP contribution in [0.3, 0.4) is 0 Å². The fourth-order valence-corrected chi connectivity index (χ4v) is 1.28. The topological polar surface area (TPSA) is 41.5 Å². The van der Waals surface area contributed by atoms with E-state index in [0.717, 1.165) is 18.5 Å². The third kappa shape index (κ3) is 3.29. The number of aromatic hydroxyl groups is 1. The second-order valence-corrected chi connectivity index (χ2v) is 3.19. The van der Waals surface area contributed by atoms with Crippen molar-refractivity contribution in [2.45, 2.75) is 6.42 Å². The number of benzene rings is 1. The van der Waals surface area contributed by atoms with E-state index in [1.165, 1.54) is 0 Å². The molecule has 1 rings (SSSR count). The SMILES string of the molecule is CNCCC=Cc1cccc(OC)c1O. The Bertz CT molecular complexity index is 334. The third-order valence-electron chi connectivity index (χ3n) is 2.11. The van der Waals surface area contributed by atoms with Crippen LogP contribution in [-0.4, -0.2) is 25.8 Å². The minimum Gasteiger partial charge on any atom is -0.504 e. The van der Waals surface area contributed by atoms with E-state index in [1.807, 2.05) is 31.3 Å². The number of nitrogens with one attached hydrogen (secondary N) is 1. The molecule has 0 saturated carbocycles. The predicted octanol–water partition coefficient (Wildman–Crippen LogP) is 2.02. The summed E-state index contributed by atoms with van der Waals surface area (Å²) in [7, 11) is 3.46. The summed E-state index contributed by atoms with van der Waals surface area (Å²) in [5, 5.41) is 12.8. The molecule has 0 atom stereocenters. The summed E-state index contributed by atoms with van der Waals surface area (Å²) in [6.45, 7) is 0.932. The molecule has 0 spiro atoms. The van der Waals surface area contributed by atoms with Crippen LogP contribution in [0.1, 0.15) is 12.0 Å². The predicted molar refractivity (Wildman–Crippen MR) is 62.2 cm³/mol. The monoisotopic (exact) mass is 207 g/mol. The van der Waals surface area contributed by atoms with Gasteiger partial charge in [-0.05, 0) is 26.1 Å². The van der Waals surface area contributed by atoms with Crippen molar-refractivity contribution in [1.82, 2.24) is 5.32 Å². The standard InChI is InChI=1S/C12H17NO2/c1-13-9-4-3-6-10-7-5-8-11(15-2)12(10)14/h3,5-8,13-14H,4,9H2,1-2H3. The molecule has 0 aliphatic rings. The van der Waals surface area contributed by atoms with Gasteiger partial charge in [0.2, 0.25) is 0 Å². The molecule has 0 aliphatic carbocycles. The molecule has 1 aromatic rings. The van der Waals surface area contributed by atoms with Crippen molar-refractivity contribution in [1.29, 1.82) is 0 Å². The molecule has 3 nitrogen and oxygen atoms in total. The fraction of sp³-hybridized carbons (Fsp3) is 0.333. The normalized spacial score (nSPS) is 10.8. The van der Waals surface area contributed by atoms with Crippen LogP contribution >= 0.6 is 0 Å². The van der Waals surface area contributed by atoms with Crippen LogP contribution in [0.15, 0.2) is 24.3 Å². The zero-order valence-corrected chi connectivity index (χ0v) is 9.16. The average Bonchev–Trinajstić information content (AvgIpc) is 2.26. The second kappa shape index (κ2) is 6.09. The van der Waals surface area contributed by atoms with Crippen molar-refractivity contribution in [3.63, 3.8) is 0 Å². The quantitative estimate of drug-likeness (QED) is 0.726. The molecule has 0 bridgehead atoms. The van der Waals surface area contributed by atoms with Gasteiger partial charge in [-0.3, -0.25) is 0 Å². The number of methoxy groups -OCH3 is 1. The molecule has 2 N–H and O–H groups in total. The van der Waals surface area contributed by atoms with Gasteiger partial charge in [-0.1, -0.05) is 24.3 Å². The maximum absolute atomic E-state index is 9.75. The number of phenolic OH excluding ortho intramolecular Hbond substituents is 1. The minimum atomic E-state index is 0.195. The van der Waals surface area contributed by atoms with Gasteiger partial charge in [-0.25, -0.2) is 0 Å². The van der Waals surface area contributed by atoms with Gasteiger partial charge >= 0.3 is 0 Å². The lowest BCUT2D eigenvalue weighted by Crippen LogP contribution is -2.05. The maximum Gasteiger partial charge on any atom is 0.165 e. The lowest BCUT2D eigenvalue weighted by Gasteiger charge is -2.05. The zero-order valence-electron chi connectivity index (χ0n) is 9.16. The molecular weight excluding hydrogens is 190 g/mol. The van der Waals surface area contributed by atoms with E-state index < -0.39 is 0 Å². The van der Waals surface area contributed by atoms with Crippen LogP contribution < -0.4 is 10.1 Å². The Morgan fingerprint density at radius 2 is 2.27 bits per heavy atom. The van der Waals surface area contributed by atoms with Crippen molar-refractivity contribution in [2.75, 3.05) is 20.7 Å². The van der Waals surface area contributed by atoms with Gasteiger partial charge in [0.15, 0.2) is 11.5 Å². The van der Waals surface area contributed by atoms with Crippen molar-refractivity contribution < 1.29 is 9.84 Å². The Morgan fingerprint density at radius 1 is 1.47 bits per heavy atom. The summed E-state index contributed by atoms with van der Waals surface area (Å²) < 4.78 is 5.02. The zero-order chi connectivity index (χ0) is 11.1. The molecule has 0 saturated heterocycles. The summed E-state index contributed by atoms with van der Waals surface area (Å²) in [6.07, 6.45) is 4.85. The van der Waals surface area contributed by atoms with Gasteiger partial charge in [-0.15, -0.1) is 0 Å². The van der Waals surface area contributed by atoms with E-state index in [9.17, 15) is 5.11 Å². The van der Waals surface area contributed by atoms with E-state index in [0.29, 0.717) is 5.75 Å². The van der Waals surface area contributed by atoms with Crippen molar-refractivity contribution in [3.8, 4) is 11.5 Å². The minimum absolute atomic E-state index is 0.195. The Kier molecular flexibility index (Phi) is 4.71. The highest BCUT2D eigenvalue weighted by atomic mass is 16.5. The molecule has 82 valence electrons. The number of ether oxygens (including phenoxy) is 1. The van der Waals surface area contributed by atoms with Crippen LogP contribution in [0, 0.1) is 0 Å². The highest BCUT2D eigenvalue weighted by molar-refractivity contribution is 5.61. The van der Waals surface area contributed by atoms with Crippen LogP contribution in [0.2, 0.25) is 0 Å². The summed E-state index contributed by atoms with van der Waals surface area (Å²) in [4.78, 5) is 0. The van der Waals surface area contributed by atoms with Crippen LogP contribution in [-0.2, 0) is 0 Å². The van der Waals surface area contributed by atoms with Gasteiger partial charge in [-0.2, -0.15) is 0 Å². The average molecular weight is 207 g/mol. The molecule has 0 fully saturated rings. The highest BCUT2D eigenvalue weighted by Gasteiger charge is 2.03. The Balaban J connectivity index is 2.72. The smallest absolute Gasteiger partial charge is 0.165 e. The fourth-order valence-electron chi connectivity index (χ4n) is 1.28. The molecule has 0 aliphatic heterocycles. The summed E-state index contributed by atoms with van der Waals surface area (Å²) >= 11 is 0. The third-order valence-corrected chi connectivity index (χ3v) is 2.11. The maximum atomic E-state index is 9.75. The molecule has 0 unspecified atom stereocenters. The number of rotatable bonds is 5. The molecule has 0 aromatic heterocycles. The first-order valence-corrected chi connectivity index (χ1v) is 4.96. The van der Waals surface area contributed by atoms with Gasteiger partial charge < -0.3 is 15.2 Å². The molecule has 15 heavy (non-hydrogen) atoms. The summed E-state index contributed by atoms with van der Waals surface area (Å²) in [6, 6.07) is 5.45. The molecule has 0 radical (unpaired) electrons. The summed E-state index contributed by atoms with van der Waals surface area (Å²) in [5.41, 5.74) is 0.783. The van der Waals surface area contributed by atoms with E-state index in [2.05, 4.69) is 5.32 Å². The Morgan fingerprint density at radius 3 is 2.93 bits per heavy atom. The Hall–Kier alpha value is -1.48. The first kappa shape index (κ1) is 11.6.